The molecule has 0 aliphatic rings. The summed E-state index contributed by atoms with van der Waals surface area (Å²) in [6.45, 7) is 0.339. The lowest BCUT2D eigenvalue weighted by Gasteiger charge is -2.27. The van der Waals surface area contributed by atoms with Crippen LogP contribution in [0.25, 0.3) is 10.9 Å². The van der Waals surface area contributed by atoms with Crippen molar-refractivity contribution in [2.24, 2.45) is 0 Å². The summed E-state index contributed by atoms with van der Waals surface area (Å²) in [5.74, 6) is -0.293. The Labute approximate surface area is 161 Å². The van der Waals surface area contributed by atoms with Crippen molar-refractivity contribution in [3.05, 3.63) is 59.9 Å². The van der Waals surface area contributed by atoms with Crippen molar-refractivity contribution in [3.8, 4) is 5.75 Å². The van der Waals surface area contributed by atoms with Gasteiger partial charge in [0.05, 0.1) is 18.7 Å². The van der Waals surface area contributed by atoms with Gasteiger partial charge in [-0.15, -0.1) is 0 Å². The quantitative estimate of drug-likeness (QED) is 0.677. The van der Waals surface area contributed by atoms with Gasteiger partial charge >= 0.3 is 6.18 Å². The maximum Gasteiger partial charge on any atom is 0.451 e. The minimum Gasteiger partial charge on any atom is -0.496 e. The van der Waals surface area contributed by atoms with Crippen LogP contribution in [0.2, 0.25) is 0 Å². The number of nitrogens with zero attached hydrogens (tertiary/aromatic N) is 3. The number of methoxy groups -OCH3 is 1. The number of likely N-dealkylation sites (N-methyl/N-ethyl adjacent to an activating group) is 1. The van der Waals surface area contributed by atoms with Crippen LogP contribution in [-0.2, 0) is 6.18 Å². The minimum absolute atomic E-state index is 0.140. The maximum absolute atomic E-state index is 13.2. The second-order valence-electron chi connectivity index (χ2n) is 6.51. The molecule has 8 heteroatoms. The first kappa shape index (κ1) is 19.9. The third-order valence-corrected chi connectivity index (χ3v) is 4.44. The molecule has 0 aliphatic carbocycles. The smallest absolute Gasteiger partial charge is 0.451 e. The number of ether oxygens (including phenoxy) is 1. The third kappa shape index (κ3) is 4.17. The van der Waals surface area contributed by atoms with E-state index in [4.69, 9.17) is 4.74 Å². The van der Waals surface area contributed by atoms with Crippen LogP contribution < -0.4 is 10.1 Å². The Morgan fingerprint density at radius 2 is 1.71 bits per heavy atom. The molecule has 1 heterocycles. The monoisotopic (exact) mass is 390 g/mol. The topological polar surface area (TPSA) is 50.3 Å². The summed E-state index contributed by atoms with van der Waals surface area (Å²) in [5.41, 5.74) is 1.17. The van der Waals surface area contributed by atoms with E-state index in [9.17, 15) is 13.2 Å². The Balaban J connectivity index is 1.97. The summed E-state index contributed by atoms with van der Waals surface area (Å²) in [6.07, 6.45) is -4.62. The molecule has 3 aromatic rings. The predicted octanol–water partition coefficient (Wildman–Crippen LogP) is 4.37. The van der Waals surface area contributed by atoms with Gasteiger partial charge in [0.15, 0.2) is 0 Å². The van der Waals surface area contributed by atoms with Gasteiger partial charge in [0.1, 0.15) is 11.6 Å². The highest BCUT2D eigenvalue weighted by Crippen LogP contribution is 2.32. The Bertz CT molecular complexity index is 960. The van der Waals surface area contributed by atoms with Crippen molar-refractivity contribution in [2.45, 2.75) is 12.2 Å². The number of halogens is 3. The fourth-order valence-corrected chi connectivity index (χ4v) is 3.04. The average Bonchev–Trinajstić information content (AvgIpc) is 2.67. The summed E-state index contributed by atoms with van der Waals surface area (Å²) in [6, 6.07) is 14.1. The van der Waals surface area contributed by atoms with E-state index in [0.717, 1.165) is 5.56 Å². The maximum atomic E-state index is 13.2. The lowest BCUT2D eigenvalue weighted by atomic mass is 10.0. The lowest BCUT2D eigenvalue weighted by molar-refractivity contribution is -0.144. The van der Waals surface area contributed by atoms with Crippen molar-refractivity contribution in [3.63, 3.8) is 0 Å². The first-order valence-electron chi connectivity index (χ1n) is 8.68. The van der Waals surface area contributed by atoms with Gasteiger partial charge in [0.25, 0.3) is 0 Å². The van der Waals surface area contributed by atoms with Crippen LogP contribution >= 0.6 is 0 Å². The zero-order chi connectivity index (χ0) is 20.3. The van der Waals surface area contributed by atoms with Gasteiger partial charge in [-0.1, -0.05) is 30.3 Å². The molecule has 2 aromatic carbocycles. The Morgan fingerprint density at radius 1 is 1.04 bits per heavy atom. The summed E-state index contributed by atoms with van der Waals surface area (Å²) in [5, 5.41) is 3.62. The van der Waals surface area contributed by atoms with Crippen LogP contribution in [0.5, 0.6) is 5.75 Å². The number of aromatic nitrogens is 2. The number of hydrogen-bond acceptors (Lipinski definition) is 5. The van der Waals surface area contributed by atoms with Crippen LogP contribution in [0, 0.1) is 0 Å². The molecule has 1 atom stereocenters. The second-order valence-corrected chi connectivity index (χ2v) is 6.51. The van der Waals surface area contributed by atoms with Crippen LogP contribution in [0.3, 0.4) is 0 Å². The van der Waals surface area contributed by atoms with Gasteiger partial charge < -0.3 is 15.0 Å². The fraction of sp³-hybridized carbons (Fsp3) is 0.300. The van der Waals surface area contributed by atoms with Crippen LogP contribution in [0.15, 0.2) is 48.5 Å². The molecular formula is C20H21F3N4O. The van der Waals surface area contributed by atoms with Crippen LogP contribution in [0.1, 0.15) is 17.4 Å². The number of rotatable bonds is 6. The molecule has 148 valence electrons. The largest absolute Gasteiger partial charge is 0.496 e. The summed E-state index contributed by atoms with van der Waals surface area (Å²) >= 11 is 0. The van der Waals surface area contributed by atoms with E-state index in [1.54, 1.807) is 31.4 Å². The van der Waals surface area contributed by atoms with Gasteiger partial charge in [-0.3, -0.25) is 0 Å². The number of para-hydroxylation sites is 2. The van der Waals surface area contributed by atoms with E-state index in [0.29, 0.717) is 17.7 Å². The summed E-state index contributed by atoms with van der Waals surface area (Å²) in [4.78, 5) is 9.36. The minimum atomic E-state index is -4.62. The van der Waals surface area contributed by atoms with Crippen LogP contribution in [0.4, 0.5) is 19.0 Å². The van der Waals surface area contributed by atoms with Gasteiger partial charge in [-0.2, -0.15) is 13.2 Å². The van der Waals surface area contributed by atoms with E-state index in [1.165, 1.54) is 0 Å². The average molecular weight is 390 g/mol. The fourth-order valence-electron chi connectivity index (χ4n) is 3.04. The van der Waals surface area contributed by atoms with Crippen molar-refractivity contribution in [1.29, 1.82) is 0 Å². The molecule has 0 spiro atoms. The number of alkyl halides is 3. The first-order chi connectivity index (χ1) is 13.3. The molecule has 1 N–H and O–H groups in total. The molecule has 0 saturated heterocycles. The standard InChI is InChI=1S/C20H21F3N4O/c1-27(2)16(14-9-5-7-11-17(14)28-3)12-24-18-13-8-4-6-10-15(13)25-19(26-18)20(21,22)23/h4-11,16H,12H2,1-3H3,(H,24,25,26)/t16-/m0/s1. The zero-order valence-electron chi connectivity index (χ0n) is 15.8. The van der Waals surface area contributed by atoms with Gasteiger partial charge in [-0.05, 0) is 32.3 Å². The summed E-state index contributed by atoms with van der Waals surface area (Å²) < 4.78 is 45.1. The molecule has 0 bridgehead atoms. The van der Waals surface area contributed by atoms with E-state index in [-0.39, 0.29) is 17.4 Å². The SMILES string of the molecule is COc1ccccc1[C@H](CNc1nc(C(F)(F)F)nc2ccccc12)N(C)C. The lowest BCUT2D eigenvalue weighted by Crippen LogP contribution is -2.28. The number of hydrogen-bond donors (Lipinski definition) is 1. The van der Waals surface area contributed by atoms with Gasteiger partial charge in [0.2, 0.25) is 5.82 Å². The van der Waals surface area contributed by atoms with E-state index < -0.39 is 12.0 Å². The van der Waals surface area contributed by atoms with Crippen molar-refractivity contribution in [2.75, 3.05) is 33.1 Å². The van der Waals surface area contributed by atoms with Gasteiger partial charge in [0, 0.05) is 17.5 Å². The molecule has 0 aliphatic heterocycles. The molecule has 1 aromatic heterocycles. The molecule has 0 unspecified atom stereocenters. The highest BCUT2D eigenvalue weighted by molar-refractivity contribution is 5.89. The van der Waals surface area contributed by atoms with Crippen molar-refractivity contribution < 1.29 is 17.9 Å². The number of nitrogens with one attached hydrogen (secondary N) is 1. The molecule has 28 heavy (non-hydrogen) atoms. The number of fused-ring (bicyclic) bond motifs is 1. The highest BCUT2D eigenvalue weighted by Gasteiger charge is 2.35. The number of anilines is 1. The molecule has 0 fully saturated rings. The van der Waals surface area contributed by atoms with Gasteiger partial charge in [-0.25, -0.2) is 9.97 Å². The van der Waals surface area contributed by atoms with Crippen LogP contribution in [-0.4, -0.2) is 42.6 Å². The Kier molecular flexibility index (Phi) is 5.69. The Hall–Kier alpha value is -2.87. The molecule has 3 rings (SSSR count). The second kappa shape index (κ2) is 8.02. The Morgan fingerprint density at radius 3 is 2.39 bits per heavy atom. The van der Waals surface area contributed by atoms with E-state index >= 15 is 0 Å². The summed E-state index contributed by atoms with van der Waals surface area (Å²) in [7, 11) is 5.39. The molecule has 0 saturated carbocycles. The highest BCUT2D eigenvalue weighted by atomic mass is 19.4. The van der Waals surface area contributed by atoms with Crippen molar-refractivity contribution >= 4 is 16.7 Å². The predicted molar refractivity (Wildman–Crippen MR) is 102 cm³/mol. The molecule has 0 amide bonds. The normalized spacial score (nSPS) is 13.0. The number of benzene rings is 2. The molecule has 0 radical (unpaired) electrons. The first-order valence-corrected chi connectivity index (χ1v) is 8.68. The molecule has 5 nitrogen and oxygen atoms in total. The molecular weight excluding hydrogens is 369 g/mol. The van der Waals surface area contributed by atoms with Crippen molar-refractivity contribution in [1.82, 2.24) is 14.9 Å². The zero-order valence-corrected chi connectivity index (χ0v) is 15.8. The van der Waals surface area contributed by atoms with E-state index in [1.807, 2.05) is 43.3 Å². The van der Waals surface area contributed by atoms with E-state index in [2.05, 4.69) is 15.3 Å². The third-order valence-electron chi connectivity index (χ3n) is 4.44.